The van der Waals surface area contributed by atoms with Crippen LogP contribution in [0.4, 0.5) is 0 Å². The zero-order valence-electron chi connectivity index (χ0n) is 20.2. The normalized spacial score (nSPS) is 22.1. The molecular formula is C26H33N3O5S. The van der Waals surface area contributed by atoms with Crippen LogP contribution in [-0.2, 0) is 26.0 Å². The topological polar surface area (TPSA) is 96.0 Å². The van der Waals surface area contributed by atoms with Crippen molar-refractivity contribution in [3.8, 4) is 0 Å². The van der Waals surface area contributed by atoms with Crippen LogP contribution in [0.1, 0.15) is 42.6 Å². The maximum atomic E-state index is 13.1. The van der Waals surface area contributed by atoms with E-state index < -0.39 is 22.0 Å². The van der Waals surface area contributed by atoms with Crippen molar-refractivity contribution in [2.75, 3.05) is 26.2 Å². The summed E-state index contributed by atoms with van der Waals surface area (Å²) in [5.41, 5.74) is 1.26. The Balaban J connectivity index is 1.48. The van der Waals surface area contributed by atoms with Gasteiger partial charge in [0.1, 0.15) is 6.04 Å². The number of rotatable bonds is 7. The van der Waals surface area contributed by atoms with Crippen LogP contribution in [0.15, 0.2) is 59.5 Å². The van der Waals surface area contributed by atoms with Gasteiger partial charge in [0.15, 0.2) is 0 Å². The number of amides is 2. The van der Waals surface area contributed by atoms with Gasteiger partial charge >= 0.3 is 0 Å². The smallest absolute Gasteiger partial charge is 0.251 e. The molecule has 1 N–H and O–H groups in total. The first-order valence-electron chi connectivity index (χ1n) is 12.1. The fraction of sp³-hybridized carbons (Fsp3) is 0.462. The number of likely N-dealkylation sites (tertiary alicyclic amines) is 1. The predicted molar refractivity (Wildman–Crippen MR) is 132 cm³/mol. The van der Waals surface area contributed by atoms with Crippen LogP contribution in [0.2, 0.25) is 0 Å². The molecule has 2 fully saturated rings. The lowest BCUT2D eigenvalue weighted by molar-refractivity contribution is -0.132. The van der Waals surface area contributed by atoms with Gasteiger partial charge in [-0.15, -0.1) is 0 Å². The van der Waals surface area contributed by atoms with Gasteiger partial charge < -0.3 is 15.0 Å². The van der Waals surface area contributed by atoms with Crippen LogP contribution in [0, 0.1) is 0 Å². The molecule has 0 radical (unpaired) electrons. The van der Waals surface area contributed by atoms with Gasteiger partial charge in [0.2, 0.25) is 15.9 Å². The lowest BCUT2D eigenvalue weighted by atomic mass is 10.0. The average Bonchev–Trinajstić information content (AvgIpc) is 3.38. The molecule has 0 spiro atoms. The number of nitrogens with one attached hydrogen (secondary N) is 1. The molecule has 2 aliphatic heterocycles. The van der Waals surface area contributed by atoms with E-state index in [1.807, 2.05) is 44.2 Å². The molecule has 0 saturated carbocycles. The van der Waals surface area contributed by atoms with E-state index in [4.69, 9.17) is 4.74 Å². The Bertz CT molecular complexity index is 1120. The zero-order chi connectivity index (χ0) is 25.0. The SMILES string of the molecule is CC1CN(S(=O)(=O)c2ccc(C(=O)NC(Cc3ccccc3)C(=O)N3CCCC3)cc2)CC(C)O1. The molecule has 9 heteroatoms. The molecule has 188 valence electrons. The quantitative estimate of drug-likeness (QED) is 0.631. The number of carbonyl (C=O) groups is 2. The summed E-state index contributed by atoms with van der Waals surface area (Å²) in [7, 11) is -3.70. The van der Waals surface area contributed by atoms with Crippen LogP contribution in [-0.4, -0.2) is 73.9 Å². The summed E-state index contributed by atoms with van der Waals surface area (Å²) in [6.45, 7) is 5.67. The Hall–Kier alpha value is -2.75. The van der Waals surface area contributed by atoms with Crippen molar-refractivity contribution in [1.29, 1.82) is 0 Å². The molecule has 0 aliphatic carbocycles. The molecule has 8 nitrogen and oxygen atoms in total. The number of benzene rings is 2. The lowest BCUT2D eigenvalue weighted by Gasteiger charge is -2.34. The van der Waals surface area contributed by atoms with E-state index in [0.717, 1.165) is 18.4 Å². The number of hydrogen-bond donors (Lipinski definition) is 1. The van der Waals surface area contributed by atoms with Gasteiger partial charge in [0, 0.05) is 38.2 Å². The summed E-state index contributed by atoms with van der Waals surface area (Å²) >= 11 is 0. The first-order chi connectivity index (χ1) is 16.7. The van der Waals surface area contributed by atoms with E-state index >= 15 is 0 Å². The first kappa shape index (κ1) is 25.3. The minimum Gasteiger partial charge on any atom is -0.373 e. The molecule has 4 rings (SSSR count). The van der Waals surface area contributed by atoms with E-state index in [2.05, 4.69) is 5.32 Å². The highest BCUT2D eigenvalue weighted by Gasteiger charge is 2.32. The number of sulfonamides is 1. The van der Waals surface area contributed by atoms with Crippen molar-refractivity contribution in [1.82, 2.24) is 14.5 Å². The largest absolute Gasteiger partial charge is 0.373 e. The van der Waals surface area contributed by atoms with Crippen molar-refractivity contribution in [2.45, 2.75) is 56.3 Å². The van der Waals surface area contributed by atoms with Gasteiger partial charge in [-0.1, -0.05) is 30.3 Å². The van der Waals surface area contributed by atoms with E-state index in [1.54, 1.807) is 4.90 Å². The third-order valence-corrected chi connectivity index (χ3v) is 8.29. The Morgan fingerprint density at radius 2 is 1.57 bits per heavy atom. The molecule has 2 aromatic rings. The van der Waals surface area contributed by atoms with Crippen molar-refractivity contribution in [3.05, 3.63) is 65.7 Å². The molecule has 2 aromatic carbocycles. The van der Waals surface area contributed by atoms with Crippen LogP contribution < -0.4 is 5.32 Å². The minimum atomic E-state index is -3.70. The maximum Gasteiger partial charge on any atom is 0.251 e. The molecule has 0 aromatic heterocycles. The van der Waals surface area contributed by atoms with Gasteiger partial charge in [-0.05, 0) is 56.5 Å². The summed E-state index contributed by atoms with van der Waals surface area (Å²) in [6, 6.07) is 14.8. The van der Waals surface area contributed by atoms with Gasteiger partial charge in [0.25, 0.3) is 5.91 Å². The monoisotopic (exact) mass is 499 g/mol. The van der Waals surface area contributed by atoms with E-state index in [0.29, 0.717) is 25.1 Å². The maximum absolute atomic E-state index is 13.1. The molecule has 2 amide bonds. The molecule has 3 atom stereocenters. The fourth-order valence-corrected chi connectivity index (χ4v) is 6.29. The molecule has 2 aliphatic rings. The number of hydrogen-bond acceptors (Lipinski definition) is 5. The molecule has 2 saturated heterocycles. The average molecular weight is 500 g/mol. The highest BCUT2D eigenvalue weighted by atomic mass is 32.2. The Morgan fingerprint density at radius 3 is 2.17 bits per heavy atom. The van der Waals surface area contributed by atoms with E-state index in [1.165, 1.54) is 28.6 Å². The second kappa shape index (κ2) is 10.9. The molecule has 35 heavy (non-hydrogen) atoms. The standard InChI is InChI=1S/C26H33N3O5S/c1-19-17-29(18-20(2)34-19)35(32,33)23-12-10-22(11-13-23)25(30)27-24(16-21-8-4-3-5-9-21)26(31)28-14-6-7-15-28/h3-5,8-13,19-20,24H,6-7,14-18H2,1-2H3,(H,27,30). The van der Waals surface area contributed by atoms with Crippen LogP contribution >= 0.6 is 0 Å². The Labute approximate surface area is 207 Å². The van der Waals surface area contributed by atoms with E-state index in [9.17, 15) is 18.0 Å². The summed E-state index contributed by atoms with van der Waals surface area (Å²) < 4.78 is 33.3. The number of ether oxygens (including phenoxy) is 1. The molecule has 3 unspecified atom stereocenters. The second-order valence-electron chi connectivity index (χ2n) is 9.35. The molecule has 0 bridgehead atoms. The number of carbonyl (C=O) groups excluding carboxylic acids is 2. The zero-order valence-corrected chi connectivity index (χ0v) is 21.0. The third kappa shape index (κ3) is 6.09. The van der Waals surface area contributed by atoms with Crippen molar-refractivity contribution in [3.63, 3.8) is 0 Å². The molecule has 2 heterocycles. The summed E-state index contributed by atoms with van der Waals surface area (Å²) in [6.07, 6.45) is 1.95. The highest BCUT2D eigenvalue weighted by Crippen LogP contribution is 2.22. The van der Waals surface area contributed by atoms with Crippen molar-refractivity contribution >= 4 is 21.8 Å². The number of nitrogens with zero attached hydrogens (tertiary/aromatic N) is 2. The van der Waals surface area contributed by atoms with Gasteiger partial charge in [-0.3, -0.25) is 9.59 Å². The summed E-state index contributed by atoms with van der Waals surface area (Å²) in [4.78, 5) is 28.1. The molecular weight excluding hydrogens is 466 g/mol. The first-order valence-corrected chi connectivity index (χ1v) is 13.6. The third-order valence-electron chi connectivity index (χ3n) is 6.44. The van der Waals surface area contributed by atoms with Gasteiger partial charge in [0.05, 0.1) is 17.1 Å². The van der Waals surface area contributed by atoms with Crippen molar-refractivity contribution in [2.24, 2.45) is 0 Å². The van der Waals surface area contributed by atoms with Crippen LogP contribution in [0.3, 0.4) is 0 Å². The Kier molecular flexibility index (Phi) is 7.88. The summed E-state index contributed by atoms with van der Waals surface area (Å²) in [5.74, 6) is -0.495. The van der Waals surface area contributed by atoms with Gasteiger partial charge in [-0.25, -0.2) is 8.42 Å². The minimum absolute atomic E-state index is 0.0885. The number of morpholine rings is 1. The van der Waals surface area contributed by atoms with Crippen molar-refractivity contribution < 1.29 is 22.7 Å². The second-order valence-corrected chi connectivity index (χ2v) is 11.3. The summed E-state index contributed by atoms with van der Waals surface area (Å²) in [5, 5.41) is 2.89. The van der Waals surface area contributed by atoms with E-state index in [-0.39, 0.29) is 36.1 Å². The fourth-order valence-electron chi connectivity index (χ4n) is 4.70. The van der Waals surface area contributed by atoms with Gasteiger partial charge in [-0.2, -0.15) is 4.31 Å². The lowest BCUT2D eigenvalue weighted by Crippen LogP contribution is -2.49. The van der Waals surface area contributed by atoms with Crippen LogP contribution in [0.25, 0.3) is 0 Å². The Morgan fingerprint density at radius 1 is 0.971 bits per heavy atom. The predicted octanol–water partition coefficient (Wildman–Crippen LogP) is 2.45. The van der Waals surface area contributed by atoms with Crippen LogP contribution in [0.5, 0.6) is 0 Å². The highest BCUT2D eigenvalue weighted by molar-refractivity contribution is 7.89.